The van der Waals surface area contributed by atoms with Gasteiger partial charge < -0.3 is 10.6 Å². The summed E-state index contributed by atoms with van der Waals surface area (Å²) in [6, 6.07) is 8.07. The standard InChI is InChI=1S/C16H24N2O2/c1-16(2,3)15(19)20-18-9-7-12(8-10-18)13-5-4-6-14(17)11-13/h4-6,11-12H,7-10,17H2,1-3H3. The number of piperidine rings is 1. The van der Waals surface area contributed by atoms with E-state index in [0.717, 1.165) is 31.6 Å². The summed E-state index contributed by atoms with van der Waals surface area (Å²) in [6.45, 7) is 7.17. The number of nitrogen functional groups attached to an aromatic ring is 1. The van der Waals surface area contributed by atoms with E-state index in [9.17, 15) is 4.79 Å². The normalized spacial score (nSPS) is 17.9. The summed E-state index contributed by atoms with van der Waals surface area (Å²) in [5.41, 5.74) is 7.47. The number of rotatable bonds is 2. The van der Waals surface area contributed by atoms with Crippen LogP contribution >= 0.6 is 0 Å². The van der Waals surface area contributed by atoms with Crippen molar-refractivity contribution in [2.75, 3.05) is 18.8 Å². The number of hydrogen-bond donors (Lipinski definition) is 1. The highest BCUT2D eigenvalue weighted by molar-refractivity contribution is 5.75. The van der Waals surface area contributed by atoms with Crippen molar-refractivity contribution in [3.05, 3.63) is 29.8 Å². The summed E-state index contributed by atoms with van der Waals surface area (Å²) in [5.74, 6) is 0.336. The second-order valence-corrected chi connectivity index (χ2v) is 6.50. The molecule has 0 unspecified atom stereocenters. The van der Waals surface area contributed by atoms with E-state index in [1.807, 2.05) is 39.0 Å². The van der Waals surface area contributed by atoms with Crippen molar-refractivity contribution in [1.29, 1.82) is 0 Å². The van der Waals surface area contributed by atoms with Crippen molar-refractivity contribution in [3.63, 3.8) is 0 Å². The van der Waals surface area contributed by atoms with E-state index in [1.54, 1.807) is 5.06 Å². The van der Waals surface area contributed by atoms with Crippen LogP contribution in [-0.2, 0) is 9.63 Å². The lowest BCUT2D eigenvalue weighted by Crippen LogP contribution is -2.38. The number of carbonyl (C=O) groups excluding carboxylic acids is 1. The molecule has 1 heterocycles. The van der Waals surface area contributed by atoms with Gasteiger partial charge in [0.05, 0.1) is 5.41 Å². The van der Waals surface area contributed by atoms with E-state index in [1.165, 1.54) is 5.56 Å². The summed E-state index contributed by atoms with van der Waals surface area (Å²) in [4.78, 5) is 17.3. The molecule has 0 bridgehead atoms. The quantitative estimate of drug-likeness (QED) is 0.844. The van der Waals surface area contributed by atoms with Crippen molar-refractivity contribution < 1.29 is 9.63 Å². The summed E-state index contributed by atoms with van der Waals surface area (Å²) in [7, 11) is 0. The molecule has 0 spiro atoms. The zero-order valence-electron chi connectivity index (χ0n) is 12.6. The molecule has 0 atom stereocenters. The smallest absolute Gasteiger partial charge is 0.330 e. The predicted molar refractivity (Wildman–Crippen MR) is 79.9 cm³/mol. The Bertz CT molecular complexity index is 472. The van der Waals surface area contributed by atoms with Crippen LogP contribution in [0.4, 0.5) is 5.69 Å². The van der Waals surface area contributed by atoms with Gasteiger partial charge in [0.2, 0.25) is 0 Å². The highest BCUT2D eigenvalue weighted by Crippen LogP contribution is 2.29. The fraction of sp³-hybridized carbons (Fsp3) is 0.562. The molecule has 0 saturated carbocycles. The van der Waals surface area contributed by atoms with Gasteiger partial charge in [-0.3, -0.25) is 0 Å². The molecule has 2 N–H and O–H groups in total. The maximum absolute atomic E-state index is 11.8. The topological polar surface area (TPSA) is 55.6 Å². The van der Waals surface area contributed by atoms with Crippen molar-refractivity contribution in [3.8, 4) is 0 Å². The zero-order valence-corrected chi connectivity index (χ0v) is 12.6. The highest BCUT2D eigenvalue weighted by atomic mass is 16.7. The Kier molecular flexibility index (Phi) is 4.33. The molecular weight excluding hydrogens is 252 g/mol. The molecular formula is C16H24N2O2. The molecule has 1 aliphatic rings. The second-order valence-electron chi connectivity index (χ2n) is 6.50. The molecule has 0 aromatic heterocycles. The van der Waals surface area contributed by atoms with E-state index in [4.69, 9.17) is 10.6 Å². The predicted octanol–water partition coefficient (Wildman–Crippen LogP) is 2.95. The van der Waals surface area contributed by atoms with Gasteiger partial charge in [0.15, 0.2) is 0 Å². The van der Waals surface area contributed by atoms with Gasteiger partial charge in [0, 0.05) is 18.8 Å². The van der Waals surface area contributed by atoms with Crippen LogP contribution in [-0.4, -0.2) is 24.1 Å². The number of anilines is 1. The lowest BCUT2D eigenvalue weighted by molar-refractivity contribution is -0.204. The maximum Gasteiger partial charge on any atom is 0.330 e. The summed E-state index contributed by atoms with van der Waals surface area (Å²) < 4.78 is 0. The Hall–Kier alpha value is -1.55. The number of carbonyl (C=O) groups is 1. The molecule has 4 nitrogen and oxygen atoms in total. The van der Waals surface area contributed by atoms with Crippen LogP contribution in [0.1, 0.15) is 45.1 Å². The van der Waals surface area contributed by atoms with E-state index >= 15 is 0 Å². The Labute approximate surface area is 120 Å². The van der Waals surface area contributed by atoms with E-state index in [-0.39, 0.29) is 5.97 Å². The number of nitrogens with zero attached hydrogens (tertiary/aromatic N) is 1. The van der Waals surface area contributed by atoms with E-state index in [2.05, 4.69) is 6.07 Å². The fourth-order valence-corrected chi connectivity index (χ4v) is 2.35. The molecule has 0 radical (unpaired) electrons. The van der Waals surface area contributed by atoms with Crippen LogP contribution in [0.3, 0.4) is 0 Å². The lowest BCUT2D eigenvalue weighted by Gasteiger charge is -2.32. The van der Waals surface area contributed by atoms with Gasteiger partial charge in [-0.15, -0.1) is 5.06 Å². The number of benzene rings is 1. The van der Waals surface area contributed by atoms with Crippen molar-refractivity contribution in [2.45, 2.75) is 39.5 Å². The molecule has 110 valence electrons. The summed E-state index contributed by atoms with van der Waals surface area (Å²) >= 11 is 0. The van der Waals surface area contributed by atoms with Crippen LogP contribution in [0.25, 0.3) is 0 Å². The lowest BCUT2D eigenvalue weighted by atomic mass is 9.90. The van der Waals surface area contributed by atoms with Crippen molar-refractivity contribution >= 4 is 11.7 Å². The first-order chi connectivity index (χ1) is 9.36. The molecule has 1 aliphatic heterocycles. The minimum absolute atomic E-state index is 0.167. The van der Waals surface area contributed by atoms with Crippen LogP contribution in [0, 0.1) is 5.41 Å². The molecule has 4 heteroatoms. The monoisotopic (exact) mass is 276 g/mol. The minimum atomic E-state index is -0.454. The highest BCUT2D eigenvalue weighted by Gasteiger charge is 2.28. The van der Waals surface area contributed by atoms with E-state index < -0.39 is 5.41 Å². The first-order valence-electron chi connectivity index (χ1n) is 7.19. The zero-order chi connectivity index (χ0) is 14.8. The fourth-order valence-electron chi connectivity index (χ4n) is 2.35. The van der Waals surface area contributed by atoms with E-state index in [0.29, 0.717) is 5.92 Å². The Morgan fingerprint density at radius 1 is 1.30 bits per heavy atom. The largest absolute Gasteiger partial charge is 0.399 e. The van der Waals surface area contributed by atoms with Gasteiger partial charge in [0.25, 0.3) is 0 Å². The van der Waals surface area contributed by atoms with Gasteiger partial charge in [0.1, 0.15) is 0 Å². The van der Waals surface area contributed by atoms with Gasteiger partial charge in [-0.2, -0.15) is 0 Å². The molecule has 2 rings (SSSR count). The second kappa shape index (κ2) is 5.83. The van der Waals surface area contributed by atoms with Gasteiger partial charge >= 0.3 is 5.97 Å². The molecule has 1 aromatic rings. The van der Waals surface area contributed by atoms with Crippen LogP contribution < -0.4 is 5.73 Å². The molecule has 20 heavy (non-hydrogen) atoms. The van der Waals surface area contributed by atoms with Gasteiger partial charge in [-0.1, -0.05) is 12.1 Å². The average Bonchev–Trinajstić information content (AvgIpc) is 2.38. The van der Waals surface area contributed by atoms with Crippen molar-refractivity contribution in [1.82, 2.24) is 5.06 Å². The molecule has 1 saturated heterocycles. The van der Waals surface area contributed by atoms with Crippen molar-refractivity contribution in [2.24, 2.45) is 5.41 Å². The van der Waals surface area contributed by atoms with Gasteiger partial charge in [-0.25, -0.2) is 4.79 Å². The third-order valence-electron chi connectivity index (χ3n) is 3.66. The maximum atomic E-state index is 11.8. The first-order valence-corrected chi connectivity index (χ1v) is 7.19. The number of nitrogens with two attached hydrogens (primary N) is 1. The van der Waals surface area contributed by atoms with Crippen LogP contribution in [0.5, 0.6) is 0 Å². The van der Waals surface area contributed by atoms with Crippen LogP contribution in [0.2, 0.25) is 0 Å². The summed E-state index contributed by atoms with van der Waals surface area (Å²) in [6.07, 6.45) is 1.97. The molecule has 1 aromatic carbocycles. The minimum Gasteiger partial charge on any atom is -0.399 e. The Morgan fingerprint density at radius 3 is 2.50 bits per heavy atom. The Morgan fingerprint density at radius 2 is 1.95 bits per heavy atom. The van der Waals surface area contributed by atoms with Gasteiger partial charge in [-0.05, 0) is 57.2 Å². The molecule has 0 aliphatic carbocycles. The third-order valence-corrected chi connectivity index (χ3v) is 3.66. The number of hydroxylamine groups is 2. The average molecular weight is 276 g/mol. The molecule has 1 fully saturated rings. The molecule has 0 amide bonds. The Balaban J connectivity index is 1.88. The SMILES string of the molecule is CC(C)(C)C(=O)ON1CCC(c2cccc(N)c2)CC1. The van der Waals surface area contributed by atoms with Crippen LogP contribution in [0.15, 0.2) is 24.3 Å². The summed E-state index contributed by atoms with van der Waals surface area (Å²) in [5, 5.41) is 1.79. The third kappa shape index (κ3) is 3.73. The first kappa shape index (κ1) is 14.9. The number of hydrogen-bond acceptors (Lipinski definition) is 4.